The van der Waals surface area contributed by atoms with Gasteiger partial charge in [-0.3, -0.25) is 23.4 Å². The number of ether oxygens (including phenoxy) is 3. The molecule has 0 aliphatic rings. The second kappa shape index (κ2) is 52.9. The molecule has 0 saturated heterocycles. The third kappa shape index (κ3) is 50.6. The summed E-state index contributed by atoms with van der Waals surface area (Å²) in [5.41, 5.74) is 0. The second-order valence-electron chi connectivity index (χ2n) is 17.2. The lowest BCUT2D eigenvalue weighted by Crippen LogP contribution is -2.30. The van der Waals surface area contributed by atoms with Gasteiger partial charge in [0.15, 0.2) is 6.10 Å². The molecule has 0 aromatic rings. The third-order valence-electron chi connectivity index (χ3n) is 10.6. The lowest BCUT2D eigenvalue weighted by molar-refractivity contribution is -0.161. The van der Waals surface area contributed by atoms with E-state index in [2.05, 4.69) is 136 Å². The minimum Gasteiger partial charge on any atom is -0.462 e. The van der Waals surface area contributed by atoms with Crippen LogP contribution in [0.5, 0.6) is 0 Å². The van der Waals surface area contributed by atoms with Crippen LogP contribution >= 0.6 is 7.82 Å². The average molecular weight is 1020 g/mol. The fourth-order valence-corrected chi connectivity index (χ4v) is 7.33. The van der Waals surface area contributed by atoms with E-state index in [1.54, 1.807) is 0 Å². The van der Waals surface area contributed by atoms with Gasteiger partial charge in [0.2, 0.25) is 0 Å². The number of rotatable bonds is 48. The van der Waals surface area contributed by atoms with Gasteiger partial charge in [-0.25, -0.2) is 4.57 Å². The van der Waals surface area contributed by atoms with Gasteiger partial charge in [-0.2, -0.15) is 0 Å². The number of hydrogen-bond acceptors (Lipinski definition) is 10. The first-order chi connectivity index (χ1) is 35.2. The lowest BCUT2D eigenvalue weighted by atomic mass is 10.1. The van der Waals surface area contributed by atoms with Crippen LogP contribution in [0.2, 0.25) is 0 Å². The monoisotopic (exact) mass is 1020 g/mol. The standard InChI is InChI=1S/C60H95O11P/c1-4-7-10-13-16-19-22-25-27-28-30-33-36-39-42-45-48-51-60(64)71-57(53-67-58(62)49-46-43-40-37-34-32-29-26-23-20-17-14-11-8-5-2)55-69-72(65,66)68-54-56(52-61)70-59(63)50-47-44-41-38-35-31-24-21-18-15-12-9-6-3/h7-12,16-21,25-27,29,31,34-35,37,41,44,56-57,61H,4-6,13-15,22-24,28,30,32-33,36,38-40,42-43,45-55H2,1-3H3,(H,65,66)/b10-7-,11-8-,12-9-,19-16-,20-17-,21-18-,27-25-,29-26-,35-31-,37-34-,44-41-. The summed E-state index contributed by atoms with van der Waals surface area (Å²) in [4.78, 5) is 48.4. The van der Waals surface area contributed by atoms with Crippen molar-refractivity contribution >= 4 is 25.7 Å². The van der Waals surface area contributed by atoms with Crippen molar-refractivity contribution in [1.29, 1.82) is 0 Å². The van der Waals surface area contributed by atoms with Crippen molar-refractivity contribution in [3.8, 4) is 0 Å². The van der Waals surface area contributed by atoms with Crippen LogP contribution in [-0.2, 0) is 42.2 Å². The number of phosphoric acid groups is 1. The summed E-state index contributed by atoms with van der Waals surface area (Å²) in [6.07, 6.45) is 65.8. The second-order valence-corrected chi connectivity index (χ2v) is 18.7. The van der Waals surface area contributed by atoms with Crippen LogP contribution in [0, 0.1) is 0 Å². The van der Waals surface area contributed by atoms with E-state index in [0.717, 1.165) is 128 Å². The van der Waals surface area contributed by atoms with Crippen molar-refractivity contribution in [2.75, 3.05) is 26.4 Å². The Labute approximate surface area is 436 Å². The van der Waals surface area contributed by atoms with Crippen molar-refractivity contribution in [2.24, 2.45) is 0 Å². The molecule has 0 radical (unpaired) electrons. The summed E-state index contributed by atoms with van der Waals surface area (Å²) in [6, 6.07) is 0. The van der Waals surface area contributed by atoms with E-state index >= 15 is 0 Å². The topological polar surface area (TPSA) is 155 Å². The molecule has 0 aliphatic carbocycles. The summed E-state index contributed by atoms with van der Waals surface area (Å²) < 4.78 is 39.3. The Hall–Kier alpha value is -4.38. The zero-order chi connectivity index (χ0) is 52.7. The van der Waals surface area contributed by atoms with Crippen molar-refractivity contribution in [3.05, 3.63) is 134 Å². The molecular formula is C60H95O11P. The van der Waals surface area contributed by atoms with Crippen molar-refractivity contribution in [3.63, 3.8) is 0 Å². The molecule has 0 saturated carbocycles. The first kappa shape index (κ1) is 67.6. The summed E-state index contributed by atoms with van der Waals surface area (Å²) in [6.45, 7) is 4.13. The molecular weight excluding hydrogens is 928 g/mol. The number of aliphatic hydroxyl groups is 1. The Morgan fingerprint density at radius 3 is 1.15 bits per heavy atom. The minimum atomic E-state index is -4.78. The van der Waals surface area contributed by atoms with E-state index in [-0.39, 0.29) is 25.9 Å². The molecule has 0 heterocycles. The number of allylic oxidation sites excluding steroid dienone is 22. The predicted octanol–water partition coefficient (Wildman–Crippen LogP) is 15.8. The maximum absolute atomic E-state index is 12.9. The molecule has 12 heteroatoms. The molecule has 3 atom stereocenters. The van der Waals surface area contributed by atoms with Gasteiger partial charge in [0.05, 0.1) is 19.8 Å². The van der Waals surface area contributed by atoms with E-state index in [4.69, 9.17) is 23.3 Å². The maximum Gasteiger partial charge on any atom is 0.472 e. The van der Waals surface area contributed by atoms with Crippen LogP contribution in [0.25, 0.3) is 0 Å². The van der Waals surface area contributed by atoms with Gasteiger partial charge in [-0.1, -0.05) is 187 Å². The molecule has 0 fully saturated rings. The molecule has 0 amide bonds. The molecule has 0 bridgehead atoms. The van der Waals surface area contributed by atoms with Crippen LogP contribution in [0.3, 0.4) is 0 Å². The molecule has 2 N–H and O–H groups in total. The van der Waals surface area contributed by atoms with Gasteiger partial charge in [-0.15, -0.1) is 0 Å². The number of carbonyl (C=O) groups is 3. The van der Waals surface area contributed by atoms with Crippen molar-refractivity contribution in [2.45, 2.75) is 200 Å². The van der Waals surface area contributed by atoms with E-state index in [1.165, 1.54) is 0 Å². The Morgan fingerprint density at radius 1 is 0.389 bits per heavy atom. The molecule has 11 nitrogen and oxygen atoms in total. The molecule has 3 unspecified atom stereocenters. The lowest BCUT2D eigenvalue weighted by Gasteiger charge is -2.21. The van der Waals surface area contributed by atoms with Gasteiger partial charge >= 0.3 is 25.7 Å². The highest BCUT2D eigenvalue weighted by atomic mass is 31.2. The molecule has 0 aromatic heterocycles. The normalized spacial score (nSPS) is 14.5. The van der Waals surface area contributed by atoms with Gasteiger partial charge in [0.25, 0.3) is 0 Å². The highest BCUT2D eigenvalue weighted by Crippen LogP contribution is 2.43. The van der Waals surface area contributed by atoms with Crippen LogP contribution < -0.4 is 0 Å². The molecule has 406 valence electrons. The highest BCUT2D eigenvalue weighted by molar-refractivity contribution is 7.47. The predicted molar refractivity (Wildman–Crippen MR) is 297 cm³/mol. The summed E-state index contributed by atoms with van der Waals surface area (Å²) in [5, 5.41) is 9.77. The number of carbonyl (C=O) groups excluding carboxylic acids is 3. The van der Waals surface area contributed by atoms with Crippen LogP contribution in [-0.4, -0.2) is 66.5 Å². The molecule has 0 rings (SSSR count). The Morgan fingerprint density at radius 2 is 0.708 bits per heavy atom. The third-order valence-corrected chi connectivity index (χ3v) is 11.5. The summed E-state index contributed by atoms with van der Waals surface area (Å²) in [7, 11) is -4.78. The summed E-state index contributed by atoms with van der Waals surface area (Å²) in [5.74, 6) is -1.63. The van der Waals surface area contributed by atoms with Gasteiger partial charge in [0, 0.05) is 19.3 Å². The van der Waals surface area contributed by atoms with Crippen molar-refractivity contribution in [1.82, 2.24) is 0 Å². The number of hydrogen-bond donors (Lipinski definition) is 2. The first-order valence-electron chi connectivity index (χ1n) is 27.1. The molecule has 0 aromatic carbocycles. The quantitative estimate of drug-likeness (QED) is 0.0197. The van der Waals surface area contributed by atoms with Gasteiger partial charge in [-0.05, 0) is 116 Å². The Bertz CT molecular complexity index is 1710. The zero-order valence-corrected chi connectivity index (χ0v) is 45.5. The number of aliphatic hydroxyl groups excluding tert-OH is 1. The largest absolute Gasteiger partial charge is 0.472 e. The van der Waals surface area contributed by atoms with Gasteiger partial charge in [0.1, 0.15) is 12.7 Å². The first-order valence-corrected chi connectivity index (χ1v) is 28.6. The molecule has 0 spiro atoms. The minimum absolute atomic E-state index is 0.0454. The van der Waals surface area contributed by atoms with Crippen LogP contribution in [0.4, 0.5) is 0 Å². The SMILES string of the molecule is CC/C=C\C/C=C\C/C=C\C/C=C\CCCCC(=O)OCC(COP(=O)(O)OCC(CO)OC(=O)CC/C=C\C/C=C\C/C=C\C/C=C\CC)OC(=O)CCCCCCCCC/C=C\C/C=C\C/C=C\CC. The Kier molecular flexibility index (Phi) is 49.7. The highest BCUT2D eigenvalue weighted by Gasteiger charge is 2.28. The zero-order valence-electron chi connectivity index (χ0n) is 44.6. The van der Waals surface area contributed by atoms with E-state index in [1.807, 2.05) is 18.2 Å². The molecule has 72 heavy (non-hydrogen) atoms. The fourth-order valence-electron chi connectivity index (χ4n) is 6.55. The number of phosphoric ester groups is 1. The number of unbranched alkanes of at least 4 members (excludes halogenated alkanes) is 9. The number of esters is 3. The van der Waals surface area contributed by atoms with E-state index in [0.29, 0.717) is 19.3 Å². The molecule has 0 aliphatic heterocycles. The summed E-state index contributed by atoms with van der Waals surface area (Å²) >= 11 is 0. The van der Waals surface area contributed by atoms with Gasteiger partial charge < -0.3 is 24.2 Å². The van der Waals surface area contributed by atoms with Crippen LogP contribution in [0.1, 0.15) is 188 Å². The average Bonchev–Trinajstić information content (AvgIpc) is 3.37. The Balaban J connectivity index is 4.90. The van der Waals surface area contributed by atoms with E-state index < -0.39 is 57.8 Å². The van der Waals surface area contributed by atoms with Crippen LogP contribution in [0.15, 0.2) is 134 Å². The maximum atomic E-state index is 12.9. The fraction of sp³-hybridized carbons (Fsp3) is 0.583. The van der Waals surface area contributed by atoms with E-state index in [9.17, 15) is 28.9 Å². The smallest absolute Gasteiger partial charge is 0.462 e. The van der Waals surface area contributed by atoms with Crippen molar-refractivity contribution < 1.29 is 52.2 Å².